The minimum absolute atomic E-state index is 0.0814. The Bertz CT molecular complexity index is 799. The molecule has 1 fully saturated rings. The van der Waals surface area contributed by atoms with Crippen molar-refractivity contribution < 1.29 is 9.32 Å². The summed E-state index contributed by atoms with van der Waals surface area (Å²) in [7, 11) is 0. The predicted molar refractivity (Wildman–Crippen MR) is 81.1 cm³/mol. The number of aromatic nitrogens is 6. The first-order valence-electron chi connectivity index (χ1n) is 7.71. The van der Waals surface area contributed by atoms with Crippen LogP contribution >= 0.6 is 0 Å². The molecule has 122 valence electrons. The van der Waals surface area contributed by atoms with Gasteiger partial charge in [-0.15, -0.1) is 0 Å². The van der Waals surface area contributed by atoms with Crippen molar-refractivity contribution in [2.75, 3.05) is 6.54 Å². The second-order valence-electron chi connectivity index (χ2n) is 5.54. The molecule has 1 amide bonds. The van der Waals surface area contributed by atoms with Crippen molar-refractivity contribution in [1.29, 1.82) is 0 Å². The third-order valence-corrected chi connectivity index (χ3v) is 4.09. The van der Waals surface area contributed by atoms with E-state index in [1.165, 1.54) is 17.4 Å². The molecular weight excluding hydrogens is 310 g/mol. The van der Waals surface area contributed by atoms with Crippen molar-refractivity contribution in [2.24, 2.45) is 0 Å². The van der Waals surface area contributed by atoms with Gasteiger partial charge in [-0.05, 0) is 31.4 Å². The quantitative estimate of drug-likeness (QED) is 0.717. The summed E-state index contributed by atoms with van der Waals surface area (Å²) < 4.78 is 6.37. The second kappa shape index (κ2) is 6.19. The molecular formula is C15H15N7O2. The minimum atomic E-state index is -0.153. The highest BCUT2D eigenvalue weighted by molar-refractivity contribution is 5.94. The molecule has 4 rings (SSSR count). The van der Waals surface area contributed by atoms with Gasteiger partial charge in [0.05, 0.1) is 11.6 Å². The first-order chi connectivity index (χ1) is 11.8. The lowest BCUT2D eigenvalue weighted by molar-refractivity contribution is 0.0596. The van der Waals surface area contributed by atoms with Gasteiger partial charge in [0.1, 0.15) is 12.7 Å². The number of rotatable bonds is 3. The Morgan fingerprint density at radius 3 is 2.92 bits per heavy atom. The summed E-state index contributed by atoms with van der Waals surface area (Å²) in [6.45, 7) is 0.670. The maximum absolute atomic E-state index is 12.9. The summed E-state index contributed by atoms with van der Waals surface area (Å²) >= 11 is 0. The van der Waals surface area contributed by atoms with E-state index in [1.807, 2.05) is 0 Å². The lowest BCUT2D eigenvalue weighted by Crippen LogP contribution is -2.39. The van der Waals surface area contributed by atoms with Crippen LogP contribution in [-0.4, -0.2) is 47.2 Å². The molecule has 1 saturated heterocycles. The topological polar surface area (TPSA) is 103 Å². The first kappa shape index (κ1) is 14.5. The van der Waals surface area contributed by atoms with Gasteiger partial charge >= 0.3 is 0 Å². The van der Waals surface area contributed by atoms with Gasteiger partial charge in [0.2, 0.25) is 6.39 Å². The van der Waals surface area contributed by atoms with Crippen molar-refractivity contribution in [3.63, 3.8) is 0 Å². The second-order valence-corrected chi connectivity index (χ2v) is 5.54. The lowest BCUT2D eigenvalue weighted by atomic mass is 10.0. The fourth-order valence-corrected chi connectivity index (χ4v) is 2.91. The van der Waals surface area contributed by atoms with Gasteiger partial charge in [-0.2, -0.15) is 10.1 Å². The Hall–Kier alpha value is -3.10. The highest BCUT2D eigenvalue weighted by Gasteiger charge is 2.31. The van der Waals surface area contributed by atoms with Crippen LogP contribution in [0.4, 0.5) is 0 Å². The van der Waals surface area contributed by atoms with E-state index in [1.54, 1.807) is 29.6 Å². The molecule has 0 spiro atoms. The van der Waals surface area contributed by atoms with Crippen LogP contribution in [0.25, 0.3) is 5.82 Å². The van der Waals surface area contributed by atoms with Crippen molar-refractivity contribution in [2.45, 2.75) is 25.3 Å². The van der Waals surface area contributed by atoms with Crippen LogP contribution in [0.2, 0.25) is 0 Å². The highest BCUT2D eigenvalue weighted by atomic mass is 16.5. The fourth-order valence-electron chi connectivity index (χ4n) is 2.91. The number of carbonyl (C=O) groups is 1. The van der Waals surface area contributed by atoms with Crippen LogP contribution in [0, 0.1) is 0 Å². The van der Waals surface area contributed by atoms with Crippen molar-refractivity contribution in [3.8, 4) is 5.82 Å². The zero-order valence-electron chi connectivity index (χ0n) is 12.8. The smallest absolute Gasteiger partial charge is 0.256 e. The van der Waals surface area contributed by atoms with Crippen LogP contribution in [-0.2, 0) is 0 Å². The van der Waals surface area contributed by atoms with Gasteiger partial charge in [0.25, 0.3) is 5.91 Å². The third kappa shape index (κ3) is 2.64. The summed E-state index contributed by atoms with van der Waals surface area (Å²) in [5, 5.41) is 7.92. The molecule has 0 radical (unpaired) electrons. The number of hydrogen-bond acceptors (Lipinski definition) is 7. The Kier molecular flexibility index (Phi) is 3.73. The number of likely N-dealkylation sites (tertiary alicyclic amines) is 1. The van der Waals surface area contributed by atoms with Crippen LogP contribution in [0.1, 0.15) is 41.5 Å². The Morgan fingerprint density at radius 1 is 1.25 bits per heavy atom. The normalized spacial score (nSPS) is 17.8. The molecule has 0 bridgehead atoms. The van der Waals surface area contributed by atoms with E-state index >= 15 is 0 Å². The summed E-state index contributed by atoms with van der Waals surface area (Å²) in [5.74, 6) is 1.08. The molecule has 0 N–H and O–H groups in total. The van der Waals surface area contributed by atoms with E-state index in [-0.39, 0.29) is 11.9 Å². The fraction of sp³-hybridized carbons (Fsp3) is 0.333. The highest BCUT2D eigenvalue weighted by Crippen LogP contribution is 2.30. The Labute approximate surface area is 137 Å². The summed E-state index contributed by atoms with van der Waals surface area (Å²) in [5.41, 5.74) is 0.522. The van der Waals surface area contributed by atoms with E-state index in [9.17, 15) is 4.79 Å². The van der Waals surface area contributed by atoms with Gasteiger partial charge in [-0.25, -0.2) is 14.6 Å². The van der Waals surface area contributed by atoms with E-state index < -0.39 is 0 Å². The van der Waals surface area contributed by atoms with Crippen molar-refractivity contribution in [1.82, 2.24) is 34.8 Å². The predicted octanol–water partition coefficient (Wildman–Crippen LogP) is 1.41. The molecule has 9 heteroatoms. The molecule has 3 aromatic heterocycles. The monoisotopic (exact) mass is 325 g/mol. The molecule has 1 aliphatic rings. The van der Waals surface area contributed by atoms with Crippen molar-refractivity contribution in [3.05, 3.63) is 48.8 Å². The van der Waals surface area contributed by atoms with Gasteiger partial charge in [0, 0.05) is 12.7 Å². The molecule has 24 heavy (non-hydrogen) atoms. The van der Waals surface area contributed by atoms with E-state index in [0.717, 1.165) is 19.3 Å². The van der Waals surface area contributed by atoms with Crippen LogP contribution in [0.3, 0.4) is 0 Å². The molecule has 4 heterocycles. The lowest BCUT2D eigenvalue weighted by Gasteiger charge is -2.33. The number of hydrogen-bond donors (Lipinski definition) is 0. The van der Waals surface area contributed by atoms with E-state index in [0.29, 0.717) is 23.8 Å². The first-order valence-corrected chi connectivity index (χ1v) is 7.71. The SMILES string of the molecule is O=C(c1ccc(-n2cncn2)nc1)N1CCCCC1c1ncon1. The molecule has 1 aliphatic heterocycles. The number of piperidine rings is 1. The zero-order valence-corrected chi connectivity index (χ0v) is 12.8. The number of carbonyl (C=O) groups excluding carboxylic acids is 1. The average molecular weight is 325 g/mol. The van der Waals surface area contributed by atoms with Crippen LogP contribution in [0.5, 0.6) is 0 Å². The average Bonchev–Trinajstić information content (AvgIpc) is 3.35. The standard InChI is InChI=1S/C15H15N7O2/c23-15(11-4-5-13(17-7-11)22-9-16-8-19-22)21-6-2-1-3-12(21)14-18-10-24-20-14/h4-5,7-10,12H,1-3,6H2. The molecule has 0 saturated carbocycles. The molecule has 9 nitrogen and oxygen atoms in total. The van der Waals surface area contributed by atoms with Crippen molar-refractivity contribution >= 4 is 5.91 Å². The van der Waals surface area contributed by atoms with Gasteiger partial charge in [0.15, 0.2) is 11.6 Å². The summed E-state index contributed by atoms with van der Waals surface area (Å²) in [6, 6.07) is 3.34. The Balaban J connectivity index is 1.57. The number of nitrogens with zero attached hydrogens (tertiary/aromatic N) is 7. The molecule has 3 aromatic rings. The number of pyridine rings is 1. The molecule has 1 atom stereocenters. The third-order valence-electron chi connectivity index (χ3n) is 4.09. The number of amides is 1. The van der Waals surface area contributed by atoms with Gasteiger partial charge in [-0.3, -0.25) is 4.79 Å². The van der Waals surface area contributed by atoms with Crippen LogP contribution in [0.15, 0.2) is 41.9 Å². The minimum Gasteiger partial charge on any atom is -0.343 e. The van der Waals surface area contributed by atoms with Gasteiger partial charge in [-0.1, -0.05) is 5.16 Å². The summed E-state index contributed by atoms with van der Waals surface area (Å²) in [4.78, 5) is 26.9. The van der Waals surface area contributed by atoms with Gasteiger partial charge < -0.3 is 9.42 Å². The molecule has 0 aliphatic carbocycles. The molecule has 0 aromatic carbocycles. The Morgan fingerprint density at radius 2 is 2.21 bits per heavy atom. The maximum Gasteiger partial charge on any atom is 0.256 e. The van der Waals surface area contributed by atoms with E-state index in [4.69, 9.17) is 4.52 Å². The largest absolute Gasteiger partial charge is 0.343 e. The molecule has 1 unspecified atom stereocenters. The van der Waals surface area contributed by atoms with Crippen LogP contribution < -0.4 is 0 Å². The van der Waals surface area contributed by atoms with E-state index in [2.05, 4.69) is 25.2 Å². The zero-order chi connectivity index (χ0) is 16.4. The summed E-state index contributed by atoms with van der Waals surface area (Å²) in [6.07, 6.45) is 8.67. The maximum atomic E-state index is 12.9.